The molecule has 0 saturated heterocycles. The number of rotatable bonds is 3. The van der Waals surface area contributed by atoms with E-state index in [4.69, 9.17) is 4.42 Å². The van der Waals surface area contributed by atoms with Gasteiger partial charge in [0.2, 0.25) is 0 Å². The molecular weight excluding hydrogens is 292 g/mol. The molecule has 1 atom stereocenters. The van der Waals surface area contributed by atoms with Crippen molar-refractivity contribution in [1.82, 2.24) is 19.0 Å². The summed E-state index contributed by atoms with van der Waals surface area (Å²) < 4.78 is 9.84. The van der Waals surface area contributed by atoms with Gasteiger partial charge < -0.3 is 18.5 Å². The minimum Gasteiger partial charge on any atom is -0.454 e. The van der Waals surface area contributed by atoms with Crippen LogP contribution in [0, 0.1) is 0 Å². The van der Waals surface area contributed by atoms with Crippen molar-refractivity contribution < 1.29 is 9.21 Å². The molecule has 3 aromatic heterocycles. The Bertz CT molecular complexity index is 815. The molecule has 0 bridgehead atoms. The summed E-state index contributed by atoms with van der Waals surface area (Å²) in [6, 6.07) is 7.75. The molecule has 1 aliphatic heterocycles. The molecule has 1 aliphatic rings. The molecule has 4 rings (SSSR count). The number of fused-ring (bicyclic) bond motifs is 1. The van der Waals surface area contributed by atoms with E-state index in [-0.39, 0.29) is 11.9 Å². The van der Waals surface area contributed by atoms with Gasteiger partial charge in [0.15, 0.2) is 5.76 Å². The first-order chi connectivity index (χ1) is 11.2. The lowest BCUT2D eigenvalue weighted by molar-refractivity contribution is 0.0609. The molecule has 23 heavy (non-hydrogen) atoms. The average molecular weight is 310 g/mol. The van der Waals surface area contributed by atoms with E-state index < -0.39 is 0 Å². The maximum absolute atomic E-state index is 12.8. The van der Waals surface area contributed by atoms with Crippen LogP contribution < -0.4 is 0 Å². The molecule has 0 spiro atoms. The van der Waals surface area contributed by atoms with Crippen LogP contribution in [-0.4, -0.2) is 31.5 Å². The van der Waals surface area contributed by atoms with Crippen molar-refractivity contribution in [1.29, 1.82) is 0 Å². The average Bonchev–Trinajstić information content (AvgIpc) is 3.29. The number of hydrogen-bond donors (Lipinski definition) is 0. The van der Waals surface area contributed by atoms with Gasteiger partial charge in [0.05, 0.1) is 18.9 Å². The van der Waals surface area contributed by atoms with Gasteiger partial charge in [0.1, 0.15) is 5.76 Å². The van der Waals surface area contributed by atoms with Crippen LogP contribution in [0.2, 0.25) is 0 Å². The second kappa shape index (κ2) is 5.46. The molecule has 0 fully saturated rings. The summed E-state index contributed by atoms with van der Waals surface area (Å²) in [5, 5.41) is 0. The number of carbonyl (C=O) groups excluding carboxylic acids is 1. The van der Waals surface area contributed by atoms with E-state index in [0.29, 0.717) is 18.8 Å². The quantitative estimate of drug-likeness (QED) is 0.747. The van der Waals surface area contributed by atoms with Crippen LogP contribution in [0.25, 0.3) is 0 Å². The molecule has 0 unspecified atom stereocenters. The number of aromatic nitrogens is 3. The maximum Gasteiger partial charge on any atom is 0.290 e. The summed E-state index contributed by atoms with van der Waals surface area (Å²) >= 11 is 0. The third-order valence-corrected chi connectivity index (χ3v) is 4.37. The summed E-state index contributed by atoms with van der Waals surface area (Å²) in [6.45, 7) is 4.14. The van der Waals surface area contributed by atoms with Crippen LogP contribution >= 0.6 is 0 Å². The highest BCUT2D eigenvalue weighted by Crippen LogP contribution is 2.27. The number of imidazole rings is 1. The van der Waals surface area contributed by atoms with E-state index in [1.165, 1.54) is 0 Å². The van der Waals surface area contributed by atoms with E-state index in [2.05, 4.69) is 28.7 Å². The second-order valence-corrected chi connectivity index (χ2v) is 5.80. The lowest BCUT2D eigenvalue weighted by atomic mass is 10.1. The van der Waals surface area contributed by atoms with E-state index in [1.807, 2.05) is 27.8 Å². The summed E-state index contributed by atoms with van der Waals surface area (Å²) in [7, 11) is 0. The van der Waals surface area contributed by atoms with Crippen LogP contribution in [0.15, 0.2) is 53.6 Å². The molecule has 0 saturated carbocycles. The first-order valence-corrected chi connectivity index (χ1v) is 7.73. The van der Waals surface area contributed by atoms with Gasteiger partial charge in [-0.3, -0.25) is 4.79 Å². The van der Waals surface area contributed by atoms with Gasteiger partial charge in [-0.15, -0.1) is 0 Å². The van der Waals surface area contributed by atoms with E-state index in [0.717, 1.165) is 18.0 Å². The van der Waals surface area contributed by atoms with Gasteiger partial charge in [-0.2, -0.15) is 0 Å². The summed E-state index contributed by atoms with van der Waals surface area (Å²) in [6.07, 6.45) is 7.37. The molecule has 0 aliphatic carbocycles. The number of furan rings is 1. The monoisotopic (exact) mass is 310 g/mol. The summed E-state index contributed by atoms with van der Waals surface area (Å²) in [5.41, 5.74) is 1.16. The minimum absolute atomic E-state index is 0.0495. The summed E-state index contributed by atoms with van der Waals surface area (Å²) in [5.74, 6) is 1.09. The van der Waals surface area contributed by atoms with Crippen molar-refractivity contribution in [2.75, 3.05) is 6.54 Å². The van der Waals surface area contributed by atoms with Crippen molar-refractivity contribution in [2.45, 2.75) is 26.1 Å². The Kier molecular flexibility index (Phi) is 3.29. The SMILES string of the molecule is C[C@H]1c2cccn2CCN1C(=O)c1ccc(Cn2ccnc2)o1. The molecule has 1 amide bonds. The zero-order valence-corrected chi connectivity index (χ0v) is 12.9. The van der Waals surface area contributed by atoms with Gasteiger partial charge in [-0.1, -0.05) is 0 Å². The first-order valence-electron chi connectivity index (χ1n) is 7.73. The van der Waals surface area contributed by atoms with Crippen LogP contribution in [-0.2, 0) is 13.1 Å². The number of amides is 1. The first kappa shape index (κ1) is 13.9. The highest BCUT2D eigenvalue weighted by atomic mass is 16.4. The van der Waals surface area contributed by atoms with Crippen molar-refractivity contribution in [3.63, 3.8) is 0 Å². The fourth-order valence-corrected chi connectivity index (χ4v) is 3.14. The van der Waals surface area contributed by atoms with E-state index in [9.17, 15) is 4.79 Å². The van der Waals surface area contributed by atoms with Crippen LogP contribution in [0.5, 0.6) is 0 Å². The maximum atomic E-state index is 12.8. The molecule has 0 aromatic carbocycles. The number of carbonyl (C=O) groups is 1. The van der Waals surface area contributed by atoms with Crippen molar-refractivity contribution in [3.8, 4) is 0 Å². The van der Waals surface area contributed by atoms with E-state index >= 15 is 0 Å². The second-order valence-electron chi connectivity index (χ2n) is 5.80. The molecule has 6 nitrogen and oxygen atoms in total. The Morgan fingerprint density at radius 1 is 1.30 bits per heavy atom. The molecule has 3 aromatic rings. The molecule has 6 heteroatoms. The lowest BCUT2D eigenvalue weighted by Gasteiger charge is -2.34. The minimum atomic E-state index is -0.0539. The zero-order chi connectivity index (χ0) is 15.8. The highest BCUT2D eigenvalue weighted by molar-refractivity contribution is 5.91. The van der Waals surface area contributed by atoms with Gasteiger partial charge in [0.25, 0.3) is 5.91 Å². The standard InChI is InChI=1S/C17H18N4O2/c1-13-15-3-2-7-20(15)9-10-21(13)17(22)16-5-4-14(23-16)11-19-8-6-18-12-19/h2-8,12-13H,9-11H2,1H3/t13-/m0/s1. The Morgan fingerprint density at radius 3 is 3.04 bits per heavy atom. The predicted octanol–water partition coefficient (Wildman–Crippen LogP) is 2.54. The molecule has 118 valence electrons. The van der Waals surface area contributed by atoms with Crippen LogP contribution in [0.4, 0.5) is 0 Å². The third kappa shape index (κ3) is 2.46. The highest BCUT2D eigenvalue weighted by Gasteiger charge is 2.29. The van der Waals surface area contributed by atoms with Gasteiger partial charge in [-0.25, -0.2) is 4.98 Å². The van der Waals surface area contributed by atoms with Crippen molar-refractivity contribution in [3.05, 3.63) is 66.4 Å². The topological polar surface area (TPSA) is 56.2 Å². The third-order valence-electron chi connectivity index (χ3n) is 4.37. The lowest BCUT2D eigenvalue weighted by Crippen LogP contribution is -2.40. The Hall–Kier alpha value is -2.76. The number of nitrogens with zero attached hydrogens (tertiary/aromatic N) is 4. The van der Waals surface area contributed by atoms with Gasteiger partial charge in [0, 0.05) is 37.4 Å². The largest absolute Gasteiger partial charge is 0.454 e. The van der Waals surface area contributed by atoms with Crippen LogP contribution in [0.1, 0.15) is 35.0 Å². The van der Waals surface area contributed by atoms with E-state index in [1.54, 1.807) is 18.6 Å². The van der Waals surface area contributed by atoms with Crippen molar-refractivity contribution >= 4 is 5.91 Å². The fourth-order valence-electron chi connectivity index (χ4n) is 3.14. The zero-order valence-electron chi connectivity index (χ0n) is 12.9. The molecule has 4 heterocycles. The van der Waals surface area contributed by atoms with Crippen molar-refractivity contribution in [2.24, 2.45) is 0 Å². The van der Waals surface area contributed by atoms with Gasteiger partial charge >= 0.3 is 0 Å². The summed E-state index contributed by atoms with van der Waals surface area (Å²) in [4.78, 5) is 18.6. The normalized spacial score (nSPS) is 17.3. The van der Waals surface area contributed by atoms with Crippen LogP contribution in [0.3, 0.4) is 0 Å². The molecule has 0 N–H and O–H groups in total. The number of hydrogen-bond acceptors (Lipinski definition) is 3. The molecular formula is C17H18N4O2. The predicted molar refractivity (Wildman–Crippen MR) is 83.9 cm³/mol. The molecule has 0 radical (unpaired) electrons. The Labute approximate surface area is 134 Å². The smallest absolute Gasteiger partial charge is 0.290 e. The Balaban J connectivity index is 1.52. The fraction of sp³-hybridized carbons (Fsp3) is 0.294. The van der Waals surface area contributed by atoms with Gasteiger partial charge in [-0.05, 0) is 31.2 Å². The Morgan fingerprint density at radius 2 is 2.22 bits per heavy atom.